The standard InChI is InChI=1S/C14H16/c1-10(2)14-11(3)8-9-12-6-4-5-7-13(12)14/h4-10H,1-3H3. The highest BCUT2D eigenvalue weighted by Crippen LogP contribution is 2.28. The average Bonchev–Trinajstić information content (AvgIpc) is 2.17. The SMILES string of the molecule is Cc1ccc2ccccc2c1C(C)C. The second kappa shape index (κ2) is 3.45. The van der Waals surface area contributed by atoms with Gasteiger partial charge in [-0.1, -0.05) is 50.2 Å². The lowest BCUT2D eigenvalue weighted by Gasteiger charge is -2.13. The van der Waals surface area contributed by atoms with Gasteiger partial charge in [0.25, 0.3) is 0 Å². The lowest BCUT2D eigenvalue weighted by Crippen LogP contribution is -1.93. The molecule has 2 rings (SSSR count). The summed E-state index contributed by atoms with van der Waals surface area (Å²) in [6, 6.07) is 13.0. The molecule has 0 radical (unpaired) electrons. The molecule has 0 saturated heterocycles. The van der Waals surface area contributed by atoms with Crippen molar-refractivity contribution in [2.45, 2.75) is 26.7 Å². The van der Waals surface area contributed by atoms with Crippen molar-refractivity contribution >= 4 is 10.8 Å². The summed E-state index contributed by atoms with van der Waals surface area (Å²) >= 11 is 0. The third-order valence-corrected chi connectivity index (χ3v) is 2.77. The predicted molar refractivity (Wildman–Crippen MR) is 62.8 cm³/mol. The summed E-state index contributed by atoms with van der Waals surface area (Å²) in [4.78, 5) is 0. The van der Waals surface area contributed by atoms with Gasteiger partial charge in [-0.05, 0) is 34.7 Å². The van der Waals surface area contributed by atoms with Gasteiger partial charge >= 0.3 is 0 Å². The van der Waals surface area contributed by atoms with E-state index in [-0.39, 0.29) is 0 Å². The van der Waals surface area contributed by atoms with E-state index in [1.54, 1.807) is 0 Å². The molecule has 0 aliphatic heterocycles. The molecule has 0 heterocycles. The van der Waals surface area contributed by atoms with Crippen molar-refractivity contribution in [2.75, 3.05) is 0 Å². The topological polar surface area (TPSA) is 0 Å². The summed E-state index contributed by atoms with van der Waals surface area (Å²) in [7, 11) is 0. The van der Waals surface area contributed by atoms with E-state index in [0.717, 1.165) is 0 Å². The summed E-state index contributed by atoms with van der Waals surface area (Å²) in [6.45, 7) is 6.71. The zero-order valence-corrected chi connectivity index (χ0v) is 9.04. The number of fused-ring (bicyclic) bond motifs is 1. The molecule has 0 unspecified atom stereocenters. The maximum Gasteiger partial charge on any atom is -0.0147 e. The quantitative estimate of drug-likeness (QED) is 0.620. The second-order valence-corrected chi connectivity index (χ2v) is 4.17. The first kappa shape index (κ1) is 9.26. The van der Waals surface area contributed by atoms with Crippen LogP contribution in [0.3, 0.4) is 0 Å². The van der Waals surface area contributed by atoms with E-state index in [4.69, 9.17) is 0 Å². The molecule has 0 atom stereocenters. The molecule has 72 valence electrons. The largest absolute Gasteiger partial charge is 0.0616 e. The predicted octanol–water partition coefficient (Wildman–Crippen LogP) is 4.27. The molecule has 0 bridgehead atoms. The zero-order chi connectivity index (χ0) is 10.1. The van der Waals surface area contributed by atoms with Crippen molar-refractivity contribution in [2.24, 2.45) is 0 Å². The van der Waals surface area contributed by atoms with Crippen LogP contribution in [0.2, 0.25) is 0 Å². The van der Waals surface area contributed by atoms with Gasteiger partial charge in [0.05, 0.1) is 0 Å². The van der Waals surface area contributed by atoms with E-state index in [2.05, 4.69) is 57.2 Å². The number of hydrogen-bond acceptors (Lipinski definition) is 0. The van der Waals surface area contributed by atoms with Crippen LogP contribution in [0.4, 0.5) is 0 Å². The fourth-order valence-electron chi connectivity index (χ4n) is 2.17. The molecule has 0 aliphatic rings. The van der Waals surface area contributed by atoms with Crippen LogP contribution in [0, 0.1) is 6.92 Å². The monoisotopic (exact) mass is 184 g/mol. The third-order valence-electron chi connectivity index (χ3n) is 2.77. The molecule has 0 N–H and O–H groups in total. The minimum absolute atomic E-state index is 0.598. The summed E-state index contributed by atoms with van der Waals surface area (Å²) in [5, 5.41) is 2.75. The van der Waals surface area contributed by atoms with E-state index in [1.165, 1.54) is 21.9 Å². The smallest absolute Gasteiger partial charge is 0.0147 e. The minimum Gasteiger partial charge on any atom is -0.0616 e. The van der Waals surface area contributed by atoms with Crippen molar-refractivity contribution in [3.05, 3.63) is 47.5 Å². The van der Waals surface area contributed by atoms with Crippen LogP contribution >= 0.6 is 0 Å². The van der Waals surface area contributed by atoms with Crippen LogP contribution in [0.5, 0.6) is 0 Å². The second-order valence-electron chi connectivity index (χ2n) is 4.17. The lowest BCUT2D eigenvalue weighted by molar-refractivity contribution is 0.867. The molecule has 0 nitrogen and oxygen atoms in total. The van der Waals surface area contributed by atoms with Gasteiger partial charge in [-0.2, -0.15) is 0 Å². The first-order valence-electron chi connectivity index (χ1n) is 5.18. The summed E-state index contributed by atoms with van der Waals surface area (Å²) in [6.07, 6.45) is 0. The molecule has 0 spiro atoms. The summed E-state index contributed by atoms with van der Waals surface area (Å²) in [5.74, 6) is 0.598. The van der Waals surface area contributed by atoms with Gasteiger partial charge in [-0.25, -0.2) is 0 Å². The Hall–Kier alpha value is -1.30. The van der Waals surface area contributed by atoms with Gasteiger partial charge in [0.1, 0.15) is 0 Å². The first-order valence-corrected chi connectivity index (χ1v) is 5.18. The molecule has 0 aliphatic carbocycles. The van der Waals surface area contributed by atoms with Gasteiger partial charge in [0.2, 0.25) is 0 Å². The summed E-state index contributed by atoms with van der Waals surface area (Å²) < 4.78 is 0. The van der Waals surface area contributed by atoms with Crippen molar-refractivity contribution in [1.29, 1.82) is 0 Å². The van der Waals surface area contributed by atoms with E-state index in [0.29, 0.717) is 5.92 Å². The highest BCUT2D eigenvalue weighted by Gasteiger charge is 2.07. The van der Waals surface area contributed by atoms with Crippen molar-refractivity contribution in [1.82, 2.24) is 0 Å². The van der Waals surface area contributed by atoms with E-state index >= 15 is 0 Å². The number of aryl methyl sites for hydroxylation is 1. The molecule has 0 aromatic heterocycles. The van der Waals surface area contributed by atoms with Gasteiger partial charge < -0.3 is 0 Å². The molecule has 0 amide bonds. The van der Waals surface area contributed by atoms with E-state index < -0.39 is 0 Å². The van der Waals surface area contributed by atoms with Crippen LogP contribution in [0.1, 0.15) is 30.9 Å². The molecule has 0 heteroatoms. The van der Waals surface area contributed by atoms with E-state index in [1.807, 2.05) is 0 Å². The van der Waals surface area contributed by atoms with Crippen molar-refractivity contribution in [3.63, 3.8) is 0 Å². The molecule has 0 saturated carbocycles. The number of rotatable bonds is 1. The molecule has 2 aromatic carbocycles. The Kier molecular flexibility index (Phi) is 2.28. The Bertz CT molecular complexity index is 453. The van der Waals surface area contributed by atoms with Gasteiger partial charge in [-0.15, -0.1) is 0 Å². The van der Waals surface area contributed by atoms with Crippen molar-refractivity contribution in [3.8, 4) is 0 Å². The Labute approximate surface area is 85.6 Å². The Morgan fingerprint density at radius 2 is 1.64 bits per heavy atom. The van der Waals surface area contributed by atoms with E-state index in [9.17, 15) is 0 Å². The molecule has 2 aromatic rings. The van der Waals surface area contributed by atoms with Crippen LogP contribution < -0.4 is 0 Å². The molecule has 14 heavy (non-hydrogen) atoms. The van der Waals surface area contributed by atoms with Crippen molar-refractivity contribution < 1.29 is 0 Å². The van der Waals surface area contributed by atoms with Crippen LogP contribution in [-0.4, -0.2) is 0 Å². The van der Waals surface area contributed by atoms with Crippen LogP contribution in [-0.2, 0) is 0 Å². The Morgan fingerprint density at radius 3 is 2.36 bits per heavy atom. The third kappa shape index (κ3) is 1.41. The highest BCUT2D eigenvalue weighted by molar-refractivity contribution is 5.87. The minimum atomic E-state index is 0.598. The molecular weight excluding hydrogens is 168 g/mol. The lowest BCUT2D eigenvalue weighted by atomic mass is 9.92. The maximum absolute atomic E-state index is 2.26. The fourth-order valence-corrected chi connectivity index (χ4v) is 2.17. The Balaban J connectivity index is 2.83. The number of benzene rings is 2. The first-order chi connectivity index (χ1) is 6.70. The van der Waals surface area contributed by atoms with Gasteiger partial charge in [-0.3, -0.25) is 0 Å². The van der Waals surface area contributed by atoms with Gasteiger partial charge in [0.15, 0.2) is 0 Å². The maximum atomic E-state index is 2.26. The average molecular weight is 184 g/mol. The number of hydrogen-bond donors (Lipinski definition) is 0. The highest BCUT2D eigenvalue weighted by atomic mass is 14.1. The fraction of sp³-hybridized carbons (Fsp3) is 0.286. The molecular formula is C14H16. The summed E-state index contributed by atoms with van der Waals surface area (Å²) in [5.41, 5.74) is 2.89. The van der Waals surface area contributed by atoms with Crippen LogP contribution in [0.25, 0.3) is 10.8 Å². The zero-order valence-electron chi connectivity index (χ0n) is 9.04. The van der Waals surface area contributed by atoms with Crippen LogP contribution in [0.15, 0.2) is 36.4 Å². The Morgan fingerprint density at radius 1 is 0.929 bits per heavy atom. The normalized spacial score (nSPS) is 11.1. The molecule has 0 fully saturated rings. The van der Waals surface area contributed by atoms with Gasteiger partial charge in [0, 0.05) is 0 Å².